The smallest absolute Gasteiger partial charge is 0.186 e. The van der Waals surface area contributed by atoms with Gasteiger partial charge in [0.1, 0.15) is 24.4 Å². The van der Waals surface area contributed by atoms with Gasteiger partial charge < -0.3 is 35.0 Å². The first-order valence-corrected chi connectivity index (χ1v) is 13.4. The summed E-state index contributed by atoms with van der Waals surface area (Å²) < 4.78 is 11.8. The van der Waals surface area contributed by atoms with Crippen LogP contribution in [0.2, 0.25) is 0 Å². The molecule has 0 amide bonds. The minimum Gasteiger partial charge on any atom is -0.394 e. The van der Waals surface area contributed by atoms with E-state index >= 15 is 0 Å². The Hall–Kier alpha value is -0.540. The summed E-state index contributed by atoms with van der Waals surface area (Å²) in [5.74, 6) is 2.28. The normalized spacial score (nSPS) is 53.9. The number of fused-ring (bicyclic) bond motifs is 5. The Morgan fingerprint density at radius 3 is 2.50 bits per heavy atom. The Morgan fingerprint density at radius 2 is 1.76 bits per heavy atom. The van der Waals surface area contributed by atoms with Crippen molar-refractivity contribution in [1.29, 1.82) is 0 Å². The highest BCUT2D eigenvalue weighted by Gasteiger charge is 2.59. The molecule has 3 saturated carbocycles. The lowest BCUT2D eigenvalue weighted by Crippen LogP contribution is -2.60. The summed E-state index contributed by atoms with van der Waals surface area (Å²) in [5.41, 5.74) is 1.86. The molecule has 0 aromatic carbocycles. The van der Waals surface area contributed by atoms with Crippen molar-refractivity contribution < 1.29 is 35.0 Å². The van der Waals surface area contributed by atoms with E-state index in [1.807, 2.05) is 6.92 Å². The van der Waals surface area contributed by atoms with Gasteiger partial charge in [-0.05, 0) is 92.8 Å². The number of aliphatic hydroxyl groups excluding tert-OH is 5. The molecule has 34 heavy (non-hydrogen) atoms. The van der Waals surface area contributed by atoms with Gasteiger partial charge in [-0.1, -0.05) is 25.5 Å². The van der Waals surface area contributed by atoms with Gasteiger partial charge in [0.05, 0.1) is 18.8 Å². The summed E-state index contributed by atoms with van der Waals surface area (Å²) in [6.07, 6.45) is 4.47. The number of allylic oxidation sites excluding steroid dienone is 1. The topological polar surface area (TPSA) is 120 Å². The minimum absolute atomic E-state index is 0.143. The van der Waals surface area contributed by atoms with E-state index in [1.54, 1.807) is 0 Å². The maximum Gasteiger partial charge on any atom is 0.186 e. The summed E-state index contributed by atoms with van der Waals surface area (Å²) in [6.45, 7) is 6.46. The summed E-state index contributed by atoms with van der Waals surface area (Å²) in [5, 5.41) is 50.4. The van der Waals surface area contributed by atoms with Gasteiger partial charge in [0.25, 0.3) is 0 Å². The predicted octanol–water partition coefficient (Wildman–Crippen LogP) is 2.13. The third-order valence-electron chi connectivity index (χ3n) is 10.9. The van der Waals surface area contributed by atoms with Crippen LogP contribution in [0.4, 0.5) is 0 Å². The largest absolute Gasteiger partial charge is 0.394 e. The first-order valence-electron chi connectivity index (χ1n) is 13.4. The van der Waals surface area contributed by atoms with Crippen LogP contribution in [0.5, 0.6) is 0 Å². The zero-order valence-electron chi connectivity index (χ0n) is 20.8. The average molecular weight is 481 g/mol. The summed E-state index contributed by atoms with van der Waals surface area (Å²) in [7, 11) is 0. The Bertz CT molecular complexity index is 785. The van der Waals surface area contributed by atoms with Crippen LogP contribution in [0.15, 0.2) is 11.6 Å². The Balaban J connectivity index is 1.31. The van der Waals surface area contributed by atoms with Crippen LogP contribution in [0.25, 0.3) is 0 Å². The van der Waals surface area contributed by atoms with Gasteiger partial charge in [-0.3, -0.25) is 0 Å². The second-order valence-corrected chi connectivity index (χ2v) is 12.4. The van der Waals surface area contributed by atoms with E-state index in [0.29, 0.717) is 23.7 Å². The summed E-state index contributed by atoms with van der Waals surface area (Å²) in [6, 6.07) is 0. The van der Waals surface area contributed by atoms with E-state index in [0.717, 1.165) is 38.5 Å². The monoisotopic (exact) mass is 480 g/mol. The number of ether oxygens (including phenoxy) is 2. The summed E-state index contributed by atoms with van der Waals surface area (Å²) in [4.78, 5) is 0. The number of hydrogen-bond acceptors (Lipinski definition) is 7. The van der Waals surface area contributed by atoms with Crippen LogP contribution in [-0.2, 0) is 9.47 Å². The molecule has 194 valence electrons. The van der Waals surface area contributed by atoms with Gasteiger partial charge in [-0.2, -0.15) is 0 Å². The highest BCUT2D eigenvalue weighted by Crippen LogP contribution is 2.66. The van der Waals surface area contributed by atoms with Crippen LogP contribution in [0.1, 0.15) is 72.1 Å². The van der Waals surface area contributed by atoms with E-state index in [-0.39, 0.29) is 23.0 Å². The van der Waals surface area contributed by atoms with Gasteiger partial charge in [0.15, 0.2) is 6.29 Å². The van der Waals surface area contributed by atoms with Crippen LogP contribution < -0.4 is 0 Å². The molecule has 4 aliphatic carbocycles. The molecule has 0 aromatic rings. The second-order valence-electron chi connectivity index (χ2n) is 12.4. The first-order chi connectivity index (χ1) is 16.1. The quantitative estimate of drug-likeness (QED) is 0.391. The molecule has 1 saturated heterocycles. The SMILES string of the molecule is CC(OC1OC(CO)C(O)C(O)C1O)C1CCC2C3CC=C4CC(O)CCC4(C)C3CCC12C. The number of aliphatic hydroxyl groups is 5. The number of hydrogen-bond donors (Lipinski definition) is 5. The molecule has 0 radical (unpaired) electrons. The molecule has 13 unspecified atom stereocenters. The van der Waals surface area contributed by atoms with Gasteiger partial charge in [-0.15, -0.1) is 0 Å². The highest BCUT2D eigenvalue weighted by atomic mass is 16.7. The van der Waals surface area contributed by atoms with E-state index in [9.17, 15) is 25.5 Å². The van der Waals surface area contributed by atoms with Crippen LogP contribution >= 0.6 is 0 Å². The van der Waals surface area contributed by atoms with E-state index in [4.69, 9.17) is 9.47 Å². The molecule has 5 rings (SSSR count). The highest BCUT2D eigenvalue weighted by molar-refractivity contribution is 5.25. The molecule has 4 fully saturated rings. The molecular formula is C27H44O7. The zero-order chi connectivity index (χ0) is 24.4. The maximum atomic E-state index is 10.5. The van der Waals surface area contributed by atoms with Gasteiger partial charge in [0, 0.05) is 0 Å². The lowest BCUT2D eigenvalue weighted by molar-refractivity contribution is -0.315. The third-order valence-corrected chi connectivity index (χ3v) is 10.9. The minimum atomic E-state index is -1.41. The fourth-order valence-electron chi connectivity index (χ4n) is 8.94. The average Bonchev–Trinajstić information content (AvgIpc) is 3.17. The van der Waals surface area contributed by atoms with Crippen molar-refractivity contribution in [3.63, 3.8) is 0 Å². The molecule has 13 atom stereocenters. The van der Waals surface area contributed by atoms with Crippen molar-refractivity contribution >= 4 is 0 Å². The molecule has 5 aliphatic rings. The van der Waals surface area contributed by atoms with Crippen LogP contribution in [0, 0.1) is 34.5 Å². The van der Waals surface area contributed by atoms with E-state index in [2.05, 4.69) is 19.9 Å². The molecule has 0 bridgehead atoms. The van der Waals surface area contributed by atoms with Crippen molar-refractivity contribution in [2.75, 3.05) is 6.61 Å². The van der Waals surface area contributed by atoms with Crippen LogP contribution in [-0.4, -0.2) is 75.1 Å². The van der Waals surface area contributed by atoms with Crippen molar-refractivity contribution in [3.8, 4) is 0 Å². The van der Waals surface area contributed by atoms with Crippen molar-refractivity contribution in [1.82, 2.24) is 0 Å². The van der Waals surface area contributed by atoms with Crippen molar-refractivity contribution in [3.05, 3.63) is 11.6 Å². The molecule has 1 aliphatic heterocycles. The second kappa shape index (κ2) is 9.09. The van der Waals surface area contributed by atoms with Gasteiger partial charge in [-0.25, -0.2) is 0 Å². The molecular weight excluding hydrogens is 436 g/mol. The Labute approximate surface area is 203 Å². The first kappa shape index (κ1) is 25.1. The Kier molecular flexibility index (Phi) is 6.71. The van der Waals surface area contributed by atoms with E-state index < -0.39 is 37.3 Å². The lowest BCUT2D eigenvalue weighted by atomic mass is 9.47. The number of rotatable bonds is 4. The predicted molar refractivity (Wildman–Crippen MR) is 126 cm³/mol. The zero-order valence-corrected chi connectivity index (χ0v) is 20.8. The standard InChI is InChI=1S/C27H44O7/c1-14(33-25-24(32)23(31)22(30)21(13-28)34-25)18-6-7-19-17-5-4-15-12-16(29)8-10-26(15,2)20(17)9-11-27(18,19)3/h4,14,16-25,28-32H,5-13H2,1-3H3. The van der Waals surface area contributed by atoms with Crippen LogP contribution in [0.3, 0.4) is 0 Å². The van der Waals surface area contributed by atoms with Crippen molar-refractivity contribution in [2.45, 2.75) is 115 Å². The molecule has 0 spiro atoms. The summed E-state index contributed by atoms with van der Waals surface area (Å²) >= 11 is 0. The molecule has 1 heterocycles. The molecule has 0 aromatic heterocycles. The molecule has 7 nitrogen and oxygen atoms in total. The Morgan fingerprint density at radius 1 is 1.00 bits per heavy atom. The van der Waals surface area contributed by atoms with Crippen molar-refractivity contribution in [2.24, 2.45) is 34.5 Å². The van der Waals surface area contributed by atoms with E-state index in [1.165, 1.54) is 18.4 Å². The fourth-order valence-corrected chi connectivity index (χ4v) is 8.94. The van der Waals surface area contributed by atoms with Gasteiger partial charge >= 0.3 is 0 Å². The molecule has 7 heteroatoms. The fraction of sp³-hybridized carbons (Fsp3) is 0.926. The van der Waals surface area contributed by atoms with Gasteiger partial charge in [0.2, 0.25) is 0 Å². The maximum absolute atomic E-state index is 10.5. The molecule has 5 N–H and O–H groups in total. The lowest BCUT2D eigenvalue weighted by Gasteiger charge is -2.58. The third kappa shape index (κ3) is 3.82.